The Morgan fingerprint density at radius 2 is 2.03 bits per heavy atom. The molecule has 3 aromatic heterocycles. The number of aliphatic imine (C=N–C) groups is 1. The van der Waals surface area contributed by atoms with Gasteiger partial charge in [-0.1, -0.05) is 0 Å². The number of aromatic amines is 1. The van der Waals surface area contributed by atoms with Gasteiger partial charge in [-0.05, 0) is 36.8 Å². The van der Waals surface area contributed by atoms with Gasteiger partial charge < -0.3 is 19.6 Å². The van der Waals surface area contributed by atoms with Crippen LogP contribution in [-0.2, 0) is 18.2 Å². The molecule has 0 bridgehead atoms. The van der Waals surface area contributed by atoms with Crippen LogP contribution >= 0.6 is 0 Å². The number of hydrogen-bond donors (Lipinski definition) is 2. The normalized spacial score (nSPS) is 17.9. The summed E-state index contributed by atoms with van der Waals surface area (Å²) in [5, 5.41) is 14.0. The minimum absolute atomic E-state index is 0.0308. The molecule has 2 N–H and O–H groups in total. The zero-order valence-corrected chi connectivity index (χ0v) is 19.0. The third-order valence-corrected chi connectivity index (χ3v) is 5.76. The van der Waals surface area contributed by atoms with Crippen LogP contribution in [0.1, 0.15) is 11.3 Å². The van der Waals surface area contributed by atoms with Crippen LogP contribution in [0.3, 0.4) is 0 Å². The number of halogens is 3. The van der Waals surface area contributed by atoms with E-state index in [4.69, 9.17) is 14.6 Å². The summed E-state index contributed by atoms with van der Waals surface area (Å²) in [6.45, 7) is 0.495. The number of alkyl halides is 1. The maximum absolute atomic E-state index is 15.0. The first-order valence-electron chi connectivity index (χ1n) is 10.8. The van der Waals surface area contributed by atoms with Gasteiger partial charge in [-0.2, -0.15) is 5.10 Å². The van der Waals surface area contributed by atoms with E-state index in [1.165, 1.54) is 12.3 Å². The highest BCUT2D eigenvalue weighted by Gasteiger charge is 2.34. The van der Waals surface area contributed by atoms with E-state index < -0.39 is 29.7 Å². The molecular formula is C24H22F3N5O3. The Bertz CT molecular complexity index is 1420. The Hall–Kier alpha value is -3.86. The number of aryl methyl sites for hydroxylation is 2. The molecule has 4 aromatic rings. The number of H-pyrrole nitrogens is 1. The summed E-state index contributed by atoms with van der Waals surface area (Å²) in [4.78, 5) is 11.3. The molecule has 35 heavy (non-hydrogen) atoms. The summed E-state index contributed by atoms with van der Waals surface area (Å²) < 4.78 is 56.6. The molecule has 0 spiro atoms. The molecule has 5 rings (SSSR count). The van der Waals surface area contributed by atoms with Gasteiger partial charge in [0.25, 0.3) is 0 Å². The van der Waals surface area contributed by atoms with Crippen LogP contribution in [-0.4, -0.2) is 56.2 Å². The first-order chi connectivity index (χ1) is 16.8. The number of nitrogens with zero attached hydrogens (tertiary/aromatic N) is 4. The molecule has 1 unspecified atom stereocenters. The number of hydrogen-bond acceptors (Lipinski definition) is 6. The summed E-state index contributed by atoms with van der Waals surface area (Å²) in [6.07, 6.45) is 3.19. The van der Waals surface area contributed by atoms with Crippen molar-refractivity contribution in [2.45, 2.75) is 19.0 Å². The van der Waals surface area contributed by atoms with Gasteiger partial charge in [-0.25, -0.2) is 18.2 Å². The first-order valence-corrected chi connectivity index (χ1v) is 10.8. The van der Waals surface area contributed by atoms with E-state index in [-0.39, 0.29) is 36.8 Å². The van der Waals surface area contributed by atoms with Crippen molar-refractivity contribution < 1.29 is 27.8 Å². The van der Waals surface area contributed by atoms with Crippen LogP contribution in [0.4, 0.5) is 13.2 Å². The van der Waals surface area contributed by atoms with Crippen LogP contribution in [0.2, 0.25) is 0 Å². The molecule has 0 amide bonds. The van der Waals surface area contributed by atoms with Crippen LogP contribution in [0.15, 0.2) is 41.7 Å². The number of benzene rings is 1. The van der Waals surface area contributed by atoms with E-state index in [2.05, 4.69) is 20.1 Å². The molecule has 1 aliphatic rings. The fourth-order valence-electron chi connectivity index (χ4n) is 4.01. The van der Waals surface area contributed by atoms with Crippen LogP contribution in [0, 0.1) is 18.6 Å². The zero-order chi connectivity index (χ0) is 24.7. The zero-order valence-electron chi connectivity index (χ0n) is 19.0. The largest absolute Gasteiger partial charge is 0.477 e. The molecule has 0 aliphatic carbocycles. The topological polar surface area (TPSA) is 97.5 Å². The van der Waals surface area contributed by atoms with E-state index in [1.807, 2.05) is 13.0 Å². The van der Waals surface area contributed by atoms with Crippen molar-refractivity contribution in [3.8, 4) is 22.8 Å². The minimum Gasteiger partial charge on any atom is -0.477 e. The fourth-order valence-corrected chi connectivity index (χ4v) is 4.01. The minimum atomic E-state index is -1.95. The van der Waals surface area contributed by atoms with E-state index in [0.29, 0.717) is 11.0 Å². The SMILES string of the molecule is Cc1cc(-c2c[nH]c3nccc(Oc4c(F)cc(CC5=NCC(F)(CO)CO5)cc4F)c23)n(C)n1. The van der Waals surface area contributed by atoms with Gasteiger partial charge in [0, 0.05) is 31.4 Å². The van der Waals surface area contributed by atoms with Crippen molar-refractivity contribution in [3.63, 3.8) is 0 Å². The van der Waals surface area contributed by atoms with E-state index in [9.17, 15) is 13.2 Å². The van der Waals surface area contributed by atoms with Gasteiger partial charge in [-0.3, -0.25) is 9.67 Å². The lowest BCUT2D eigenvalue weighted by molar-refractivity contribution is 0.0171. The summed E-state index contributed by atoms with van der Waals surface area (Å²) in [5.74, 6) is -2.03. The average molecular weight is 485 g/mol. The fraction of sp³-hybridized carbons (Fsp3) is 0.292. The molecule has 11 heteroatoms. The molecule has 0 radical (unpaired) electrons. The molecule has 0 saturated carbocycles. The lowest BCUT2D eigenvalue weighted by Gasteiger charge is -2.26. The summed E-state index contributed by atoms with van der Waals surface area (Å²) in [5.41, 5.74) is 1.12. The molecule has 0 fully saturated rings. The van der Waals surface area contributed by atoms with Crippen molar-refractivity contribution in [3.05, 3.63) is 59.6 Å². The number of fused-ring (bicyclic) bond motifs is 1. The number of pyridine rings is 1. The second-order valence-electron chi connectivity index (χ2n) is 8.50. The standard InChI is InChI=1S/C24H22F3N5O3/c1-13-5-18(32(2)31-13)15-9-29-23-21(15)19(3-4-28-23)35-22-16(25)6-14(7-17(22)26)8-20-30-10-24(27,11-33)12-34-20/h3-7,9,33H,8,10-12H2,1-2H3,(H,28,29). The summed E-state index contributed by atoms with van der Waals surface area (Å²) >= 11 is 0. The molecule has 182 valence electrons. The predicted molar refractivity (Wildman–Crippen MR) is 122 cm³/mol. The van der Waals surface area contributed by atoms with E-state index in [0.717, 1.165) is 29.1 Å². The number of aliphatic hydroxyl groups is 1. The third-order valence-electron chi connectivity index (χ3n) is 5.76. The van der Waals surface area contributed by atoms with Crippen molar-refractivity contribution in [1.29, 1.82) is 0 Å². The number of nitrogens with one attached hydrogen (secondary N) is 1. The highest BCUT2D eigenvalue weighted by atomic mass is 19.1. The maximum atomic E-state index is 15.0. The van der Waals surface area contributed by atoms with Crippen LogP contribution in [0.25, 0.3) is 22.3 Å². The molecule has 8 nitrogen and oxygen atoms in total. The van der Waals surface area contributed by atoms with Gasteiger partial charge in [-0.15, -0.1) is 0 Å². The van der Waals surface area contributed by atoms with Crippen molar-refractivity contribution in [1.82, 2.24) is 19.7 Å². The Morgan fingerprint density at radius 1 is 1.26 bits per heavy atom. The van der Waals surface area contributed by atoms with Gasteiger partial charge in [0.05, 0.1) is 29.9 Å². The second kappa shape index (κ2) is 8.73. The Labute approximate surface area is 198 Å². The number of rotatable bonds is 6. The average Bonchev–Trinajstić information content (AvgIpc) is 3.40. The van der Waals surface area contributed by atoms with Gasteiger partial charge >= 0.3 is 0 Å². The second-order valence-corrected chi connectivity index (χ2v) is 8.50. The molecule has 0 saturated heterocycles. The number of aromatic nitrogens is 4. The Kier molecular flexibility index (Phi) is 5.72. The summed E-state index contributed by atoms with van der Waals surface area (Å²) in [7, 11) is 1.80. The van der Waals surface area contributed by atoms with Crippen molar-refractivity contribution in [2.75, 3.05) is 19.8 Å². The third kappa shape index (κ3) is 4.34. The number of aliphatic hydroxyl groups excluding tert-OH is 1. The molecular weight excluding hydrogens is 463 g/mol. The summed E-state index contributed by atoms with van der Waals surface area (Å²) in [6, 6.07) is 5.66. The van der Waals surface area contributed by atoms with Gasteiger partial charge in [0.2, 0.25) is 0 Å². The predicted octanol–water partition coefficient (Wildman–Crippen LogP) is 4.01. The lowest BCUT2D eigenvalue weighted by Crippen LogP contribution is -2.42. The highest BCUT2D eigenvalue weighted by molar-refractivity contribution is 5.97. The lowest BCUT2D eigenvalue weighted by atomic mass is 10.1. The Morgan fingerprint density at radius 3 is 2.66 bits per heavy atom. The van der Waals surface area contributed by atoms with Crippen LogP contribution < -0.4 is 4.74 Å². The molecule has 1 aromatic carbocycles. The van der Waals surface area contributed by atoms with E-state index >= 15 is 0 Å². The molecule has 4 heterocycles. The highest BCUT2D eigenvalue weighted by Crippen LogP contribution is 2.38. The first kappa shape index (κ1) is 22.9. The van der Waals surface area contributed by atoms with Crippen molar-refractivity contribution >= 4 is 16.9 Å². The van der Waals surface area contributed by atoms with Crippen LogP contribution in [0.5, 0.6) is 11.5 Å². The van der Waals surface area contributed by atoms with E-state index in [1.54, 1.807) is 17.9 Å². The monoisotopic (exact) mass is 485 g/mol. The van der Waals surface area contributed by atoms with Crippen molar-refractivity contribution in [2.24, 2.45) is 12.0 Å². The maximum Gasteiger partial charge on any atom is 0.198 e. The van der Waals surface area contributed by atoms with Gasteiger partial charge in [0.15, 0.2) is 29.0 Å². The number of ether oxygens (including phenoxy) is 2. The smallest absolute Gasteiger partial charge is 0.198 e. The molecule has 1 atom stereocenters. The quantitative estimate of drug-likeness (QED) is 0.430. The molecule has 1 aliphatic heterocycles. The Balaban J connectivity index is 1.45. The van der Waals surface area contributed by atoms with Gasteiger partial charge in [0.1, 0.15) is 18.0 Å².